The summed E-state index contributed by atoms with van der Waals surface area (Å²) in [5, 5.41) is 37.1. The predicted octanol–water partition coefficient (Wildman–Crippen LogP) is 2.21. The highest BCUT2D eigenvalue weighted by Crippen LogP contribution is 2.25. The molecule has 6 nitrogen and oxygen atoms in total. The van der Waals surface area contributed by atoms with Gasteiger partial charge in [0, 0.05) is 12.4 Å². The molecule has 4 aromatic carbocycles. The van der Waals surface area contributed by atoms with Crippen LogP contribution in [-0.2, 0) is 0 Å². The van der Waals surface area contributed by atoms with Crippen LogP contribution < -0.4 is 10.9 Å². The van der Waals surface area contributed by atoms with Gasteiger partial charge in [0.05, 0.1) is 11.4 Å². The van der Waals surface area contributed by atoms with Crippen molar-refractivity contribution in [2.75, 3.05) is 0 Å². The summed E-state index contributed by atoms with van der Waals surface area (Å²) < 4.78 is 0. The fourth-order valence-electron chi connectivity index (χ4n) is 3.38. The van der Waals surface area contributed by atoms with Crippen molar-refractivity contribution in [2.45, 2.75) is 0 Å². The van der Waals surface area contributed by atoms with Gasteiger partial charge in [-0.05, 0) is 57.4 Å². The fourth-order valence-corrected chi connectivity index (χ4v) is 3.38. The second-order valence-electron chi connectivity index (χ2n) is 7.70. The smallest absolute Gasteiger partial charge is 0.423 e. The lowest BCUT2D eigenvalue weighted by Crippen LogP contribution is -2.29. The molecule has 0 saturated carbocycles. The summed E-state index contributed by atoms with van der Waals surface area (Å²) in [6, 6.07) is 29.5. The van der Waals surface area contributed by atoms with Gasteiger partial charge < -0.3 is 20.1 Å². The number of rotatable bonds is 7. The van der Waals surface area contributed by atoms with E-state index in [1.54, 1.807) is 48.8 Å². The van der Waals surface area contributed by atoms with Gasteiger partial charge in [0.25, 0.3) is 0 Å². The summed E-state index contributed by atoms with van der Waals surface area (Å²) in [5.41, 5.74) is 6.07. The van der Waals surface area contributed by atoms with Crippen molar-refractivity contribution in [3.05, 3.63) is 108 Å². The normalized spacial score (nSPS) is 11.3. The van der Waals surface area contributed by atoms with E-state index in [2.05, 4.69) is 9.98 Å². The van der Waals surface area contributed by atoms with Gasteiger partial charge in [0.2, 0.25) is 0 Å². The standard InChI is InChI=1S/C26H22B2N2O4/c31-27(32)23-5-1-3-19(15-23)17-29-25-11-7-21(8-12-25)22-9-13-26(14-10-22)30-18-20-4-2-6-24(16-20)28(33)34/h1-18,31-34H. The predicted molar refractivity (Wildman–Crippen MR) is 139 cm³/mol. The fraction of sp³-hybridized carbons (Fsp3) is 0. The molecule has 4 aromatic rings. The molecule has 0 saturated heterocycles. The molecule has 0 heterocycles. The first-order valence-corrected chi connectivity index (χ1v) is 10.7. The molecule has 8 heteroatoms. The van der Waals surface area contributed by atoms with Crippen molar-refractivity contribution in [1.29, 1.82) is 0 Å². The molecule has 0 bridgehead atoms. The highest BCUT2D eigenvalue weighted by atomic mass is 16.4. The lowest BCUT2D eigenvalue weighted by molar-refractivity contribution is 0.424. The molecule has 4 rings (SSSR count). The Hall–Kier alpha value is -3.81. The highest BCUT2D eigenvalue weighted by molar-refractivity contribution is 6.59. The molecule has 4 N–H and O–H groups in total. The lowest BCUT2D eigenvalue weighted by Gasteiger charge is -2.04. The van der Waals surface area contributed by atoms with Crippen LogP contribution >= 0.6 is 0 Å². The van der Waals surface area contributed by atoms with Gasteiger partial charge >= 0.3 is 14.2 Å². The summed E-state index contributed by atoms with van der Waals surface area (Å²) >= 11 is 0. The lowest BCUT2D eigenvalue weighted by atomic mass is 9.80. The summed E-state index contributed by atoms with van der Waals surface area (Å²) in [4.78, 5) is 8.91. The van der Waals surface area contributed by atoms with E-state index in [4.69, 9.17) is 0 Å². The number of benzene rings is 4. The third kappa shape index (κ3) is 6.15. The molecule has 0 amide bonds. The summed E-state index contributed by atoms with van der Waals surface area (Å²) in [6.07, 6.45) is 3.37. The SMILES string of the molecule is OB(O)c1cccc(C=Nc2ccc(-c3ccc(N=Cc4cccc(B(O)O)c4)cc3)cc2)c1. The van der Waals surface area contributed by atoms with Crippen LogP contribution in [0.3, 0.4) is 0 Å². The van der Waals surface area contributed by atoms with Crippen LogP contribution in [0.25, 0.3) is 11.1 Å². The minimum Gasteiger partial charge on any atom is -0.423 e. The zero-order valence-electron chi connectivity index (χ0n) is 18.2. The van der Waals surface area contributed by atoms with Crippen LogP contribution in [0, 0.1) is 0 Å². The zero-order valence-corrected chi connectivity index (χ0v) is 18.2. The molecule has 0 radical (unpaired) electrons. The zero-order chi connectivity index (χ0) is 23.9. The van der Waals surface area contributed by atoms with Crippen LogP contribution in [0.1, 0.15) is 11.1 Å². The van der Waals surface area contributed by atoms with E-state index in [0.29, 0.717) is 10.9 Å². The maximum Gasteiger partial charge on any atom is 0.488 e. The Morgan fingerprint density at radius 2 is 0.882 bits per heavy atom. The molecule has 0 fully saturated rings. The average molecular weight is 448 g/mol. The first kappa shape index (κ1) is 23.4. The third-order valence-electron chi connectivity index (χ3n) is 5.21. The number of hydrogen-bond acceptors (Lipinski definition) is 6. The second kappa shape index (κ2) is 10.9. The Bertz CT molecular complexity index is 1200. The summed E-state index contributed by atoms with van der Waals surface area (Å²) in [6.45, 7) is 0. The van der Waals surface area contributed by atoms with Gasteiger partial charge in [0.1, 0.15) is 0 Å². The molecule has 0 aliphatic carbocycles. The van der Waals surface area contributed by atoms with Gasteiger partial charge in [-0.15, -0.1) is 0 Å². The molecule has 0 unspecified atom stereocenters. The first-order valence-electron chi connectivity index (χ1n) is 10.7. The van der Waals surface area contributed by atoms with Crippen molar-refractivity contribution in [2.24, 2.45) is 9.98 Å². The molecule has 0 spiro atoms. The van der Waals surface area contributed by atoms with E-state index >= 15 is 0 Å². The van der Waals surface area contributed by atoms with E-state index in [-0.39, 0.29) is 0 Å². The summed E-state index contributed by atoms with van der Waals surface area (Å²) in [5.74, 6) is 0. The topological polar surface area (TPSA) is 106 Å². The van der Waals surface area contributed by atoms with Crippen LogP contribution in [0.15, 0.2) is 107 Å². The van der Waals surface area contributed by atoms with Crippen molar-refractivity contribution >= 4 is 49.0 Å². The van der Waals surface area contributed by atoms with Crippen molar-refractivity contribution in [3.63, 3.8) is 0 Å². The molecular weight excluding hydrogens is 426 g/mol. The largest absolute Gasteiger partial charge is 0.488 e. The number of nitrogens with zero attached hydrogens (tertiary/aromatic N) is 2. The minimum absolute atomic E-state index is 0.421. The van der Waals surface area contributed by atoms with E-state index < -0.39 is 14.2 Å². The van der Waals surface area contributed by atoms with Crippen LogP contribution in [0.2, 0.25) is 0 Å². The maximum atomic E-state index is 9.29. The quantitative estimate of drug-likeness (QED) is 0.257. The molecule has 0 atom stereocenters. The van der Waals surface area contributed by atoms with Gasteiger partial charge in [0.15, 0.2) is 0 Å². The highest BCUT2D eigenvalue weighted by Gasteiger charge is 2.10. The van der Waals surface area contributed by atoms with Crippen molar-refractivity contribution in [1.82, 2.24) is 0 Å². The molecule has 0 aliphatic rings. The second-order valence-corrected chi connectivity index (χ2v) is 7.70. The van der Waals surface area contributed by atoms with Crippen LogP contribution in [0.4, 0.5) is 11.4 Å². The van der Waals surface area contributed by atoms with Gasteiger partial charge in [-0.25, -0.2) is 0 Å². The van der Waals surface area contributed by atoms with E-state index in [1.165, 1.54) is 0 Å². The Morgan fingerprint density at radius 3 is 1.24 bits per heavy atom. The van der Waals surface area contributed by atoms with Crippen LogP contribution in [-0.4, -0.2) is 46.8 Å². The minimum atomic E-state index is -1.50. The maximum absolute atomic E-state index is 9.29. The Kier molecular flexibility index (Phi) is 7.47. The Labute approximate surface area is 198 Å². The first-order chi connectivity index (χ1) is 16.5. The average Bonchev–Trinajstić information content (AvgIpc) is 2.87. The molecule has 34 heavy (non-hydrogen) atoms. The van der Waals surface area contributed by atoms with Crippen molar-refractivity contribution < 1.29 is 20.1 Å². The monoisotopic (exact) mass is 448 g/mol. The molecule has 0 aliphatic heterocycles. The molecular formula is C26H22B2N2O4. The van der Waals surface area contributed by atoms with Crippen LogP contribution in [0.5, 0.6) is 0 Å². The van der Waals surface area contributed by atoms with E-state index in [0.717, 1.165) is 33.6 Å². The molecule has 0 aromatic heterocycles. The van der Waals surface area contributed by atoms with E-state index in [9.17, 15) is 20.1 Å². The number of hydrogen-bond donors (Lipinski definition) is 4. The van der Waals surface area contributed by atoms with E-state index in [1.807, 2.05) is 60.7 Å². The Morgan fingerprint density at radius 1 is 0.500 bits per heavy atom. The third-order valence-corrected chi connectivity index (χ3v) is 5.21. The summed E-state index contributed by atoms with van der Waals surface area (Å²) in [7, 11) is -3.01. The van der Waals surface area contributed by atoms with Gasteiger partial charge in [-0.2, -0.15) is 0 Å². The molecule has 166 valence electrons. The Balaban J connectivity index is 1.42. The van der Waals surface area contributed by atoms with Crippen molar-refractivity contribution in [3.8, 4) is 11.1 Å². The number of aliphatic imine (C=N–C) groups is 2. The van der Waals surface area contributed by atoms with Gasteiger partial charge in [-0.1, -0.05) is 72.8 Å². The van der Waals surface area contributed by atoms with Gasteiger partial charge in [-0.3, -0.25) is 9.98 Å².